The van der Waals surface area contributed by atoms with E-state index in [1.807, 2.05) is 12.2 Å². The fourth-order valence-corrected chi connectivity index (χ4v) is 9.97. The third-order valence-corrected chi connectivity index (χ3v) is 15.3. The van der Waals surface area contributed by atoms with E-state index >= 15 is 0 Å². The Morgan fingerprint density at radius 1 is 0.481 bits per heavy atom. The molecule has 468 valence electrons. The normalized spacial score (nSPS) is 19.2. The molecule has 1 aliphatic rings. The van der Waals surface area contributed by atoms with E-state index in [9.17, 15) is 35.1 Å². The molecule has 11 heteroatoms. The zero-order valence-electron chi connectivity index (χ0n) is 51.9. The lowest BCUT2D eigenvalue weighted by Gasteiger charge is -2.41. The van der Waals surface area contributed by atoms with Gasteiger partial charge in [-0.05, 0) is 96.3 Å². The first-order valence-electron chi connectivity index (χ1n) is 33.4. The Balaban J connectivity index is 2.62. The van der Waals surface area contributed by atoms with Crippen molar-refractivity contribution in [3.05, 3.63) is 85.1 Å². The van der Waals surface area contributed by atoms with Gasteiger partial charge in [0.05, 0.1) is 25.4 Å². The number of carbonyl (C=O) groups excluding carboxylic acids is 2. The van der Waals surface area contributed by atoms with E-state index < -0.39 is 67.4 Å². The number of allylic oxidation sites excluding steroid dienone is 13. The predicted molar refractivity (Wildman–Crippen MR) is 338 cm³/mol. The van der Waals surface area contributed by atoms with Gasteiger partial charge in [-0.3, -0.25) is 9.59 Å². The van der Waals surface area contributed by atoms with Crippen LogP contribution in [0.15, 0.2) is 85.1 Å². The van der Waals surface area contributed by atoms with Crippen LogP contribution in [0, 0.1) is 0 Å². The summed E-state index contributed by atoms with van der Waals surface area (Å²) in [7, 11) is 0. The quantitative estimate of drug-likeness (QED) is 0.0195. The average Bonchev–Trinajstić information content (AvgIpc) is 3.52. The molecule has 6 N–H and O–H groups in total. The lowest BCUT2D eigenvalue weighted by atomic mass is 9.99. The minimum atomic E-state index is -1.64. The summed E-state index contributed by atoms with van der Waals surface area (Å²) in [6.07, 6.45) is 64.9. The van der Waals surface area contributed by atoms with E-state index in [1.165, 1.54) is 154 Å². The van der Waals surface area contributed by atoms with Crippen LogP contribution >= 0.6 is 0 Å². The summed E-state index contributed by atoms with van der Waals surface area (Å²) >= 11 is 0. The second kappa shape index (κ2) is 57.3. The minimum Gasteiger partial charge on any atom is -0.454 e. The maximum Gasteiger partial charge on any atom is 0.306 e. The molecule has 81 heavy (non-hydrogen) atoms. The second-order valence-electron chi connectivity index (χ2n) is 22.8. The molecule has 1 saturated heterocycles. The Hall–Kier alpha value is -3.16. The van der Waals surface area contributed by atoms with Crippen LogP contribution in [0.2, 0.25) is 0 Å². The number of amides is 1. The van der Waals surface area contributed by atoms with Crippen molar-refractivity contribution in [1.29, 1.82) is 0 Å². The fraction of sp³-hybridized carbons (Fsp3) is 0.771. The first-order chi connectivity index (χ1) is 39.7. The Morgan fingerprint density at radius 2 is 0.852 bits per heavy atom. The van der Waals surface area contributed by atoms with Gasteiger partial charge in [-0.1, -0.05) is 266 Å². The van der Waals surface area contributed by atoms with Crippen molar-refractivity contribution >= 4 is 11.9 Å². The summed E-state index contributed by atoms with van der Waals surface area (Å²) in [5.41, 5.74) is 0. The van der Waals surface area contributed by atoms with Crippen LogP contribution < -0.4 is 5.32 Å². The summed E-state index contributed by atoms with van der Waals surface area (Å²) < 4.78 is 17.6. The van der Waals surface area contributed by atoms with E-state index in [4.69, 9.17) is 14.2 Å². The summed E-state index contributed by atoms with van der Waals surface area (Å²) in [5.74, 6) is -1.25. The van der Waals surface area contributed by atoms with E-state index in [-0.39, 0.29) is 19.4 Å². The zero-order chi connectivity index (χ0) is 58.9. The predicted octanol–water partition coefficient (Wildman–Crippen LogP) is 16.5. The van der Waals surface area contributed by atoms with E-state index in [0.29, 0.717) is 19.3 Å². The molecule has 0 radical (unpaired) electrons. The summed E-state index contributed by atoms with van der Waals surface area (Å²) in [6.45, 7) is 5.71. The molecule has 0 spiro atoms. The van der Waals surface area contributed by atoms with Crippen molar-refractivity contribution in [2.45, 2.75) is 333 Å². The Labute approximate surface area is 495 Å². The van der Waals surface area contributed by atoms with Gasteiger partial charge in [0.1, 0.15) is 24.4 Å². The van der Waals surface area contributed by atoms with Gasteiger partial charge in [0, 0.05) is 6.42 Å². The highest BCUT2D eigenvalue weighted by Gasteiger charge is 2.47. The summed E-state index contributed by atoms with van der Waals surface area (Å²) in [4.78, 5) is 26.6. The topological polar surface area (TPSA) is 175 Å². The number of nitrogens with one attached hydrogen (secondary N) is 1. The highest BCUT2D eigenvalue weighted by atomic mass is 16.7. The van der Waals surface area contributed by atoms with Gasteiger partial charge in [0.25, 0.3) is 0 Å². The van der Waals surface area contributed by atoms with E-state index in [0.717, 1.165) is 77.0 Å². The molecular weight excluding hydrogens is 1010 g/mol. The number of aliphatic hydroxyl groups excluding tert-OH is 5. The first-order valence-corrected chi connectivity index (χ1v) is 33.4. The lowest BCUT2D eigenvalue weighted by Crippen LogP contribution is -2.61. The van der Waals surface area contributed by atoms with Gasteiger partial charge in [-0.15, -0.1) is 0 Å². The number of hydrogen-bond donors (Lipinski definition) is 6. The number of rotatable bonds is 56. The number of carbonyl (C=O) groups is 2. The molecule has 0 aromatic carbocycles. The molecule has 8 atom stereocenters. The van der Waals surface area contributed by atoms with Gasteiger partial charge in [0.2, 0.25) is 5.91 Å². The standard InChI is InChI=1S/C70H123NO10/c1-4-7-10-13-16-19-22-24-26-28-29-30-31-32-33-34-36-37-39-42-45-48-51-54-57-63(74)69(78)71-61(62(73)56-53-50-47-44-41-21-18-15-12-9-6-3)60-79-70-68(67(77)66(76)64(59-72)80-70)81-65(75)58-55-52-49-46-43-40-38-35-27-25-23-20-17-14-11-8-5-2/h16-17,19-20,24-27,38,40,46,49,53,56,61-64,66-68,70,72-74,76-77H,4-15,18,21-23,28-37,39,41-45,47-48,50-52,54-55,57-60H2,1-3H3,(H,71,78)/b19-16-,20-17-,26-24-,27-25-,40-38-,49-46-,56-53+. The molecule has 0 aromatic heterocycles. The summed E-state index contributed by atoms with van der Waals surface area (Å²) in [6, 6.07) is -1.04. The van der Waals surface area contributed by atoms with E-state index in [1.54, 1.807) is 6.08 Å². The van der Waals surface area contributed by atoms with Crippen LogP contribution in [-0.4, -0.2) is 99.6 Å². The lowest BCUT2D eigenvalue weighted by molar-refractivity contribution is -0.305. The van der Waals surface area contributed by atoms with Crippen molar-refractivity contribution < 1.29 is 49.3 Å². The Kier molecular flexibility index (Phi) is 53.6. The van der Waals surface area contributed by atoms with Crippen molar-refractivity contribution in [2.75, 3.05) is 13.2 Å². The van der Waals surface area contributed by atoms with Crippen molar-refractivity contribution in [2.24, 2.45) is 0 Å². The molecule has 0 aliphatic carbocycles. The maximum absolute atomic E-state index is 13.5. The number of aliphatic hydroxyl groups is 5. The van der Waals surface area contributed by atoms with Crippen molar-refractivity contribution in [3.8, 4) is 0 Å². The van der Waals surface area contributed by atoms with Gasteiger partial charge in [-0.25, -0.2) is 0 Å². The highest BCUT2D eigenvalue weighted by Crippen LogP contribution is 2.26. The first kappa shape index (κ1) is 75.9. The van der Waals surface area contributed by atoms with Crippen LogP contribution in [-0.2, 0) is 23.8 Å². The number of ether oxygens (including phenoxy) is 3. The molecule has 0 bridgehead atoms. The van der Waals surface area contributed by atoms with Crippen LogP contribution in [0.4, 0.5) is 0 Å². The SMILES string of the molecule is CCCCC/C=C\C/C=C\C/C=C\C/C=C\CCCC(=O)OC1C(OCC(NC(=O)C(O)CCCCCCCCCCCCCCCC/C=C\C/C=C\CCCCC)C(O)/C=C/CCCCCCCCCCC)OC(CO)C(O)C1O. The molecule has 1 aliphatic heterocycles. The third kappa shape index (κ3) is 45.0. The number of unbranched alkanes of at least 4 members (excludes halogenated alkanes) is 30. The largest absolute Gasteiger partial charge is 0.454 e. The van der Waals surface area contributed by atoms with Gasteiger partial charge in [-0.2, -0.15) is 0 Å². The molecular formula is C70H123NO10. The molecule has 1 fully saturated rings. The van der Waals surface area contributed by atoms with Crippen molar-refractivity contribution in [3.63, 3.8) is 0 Å². The Bertz CT molecular complexity index is 1640. The monoisotopic (exact) mass is 1140 g/mol. The number of hydrogen-bond acceptors (Lipinski definition) is 10. The average molecular weight is 1140 g/mol. The highest BCUT2D eigenvalue weighted by molar-refractivity contribution is 5.80. The van der Waals surface area contributed by atoms with Gasteiger partial charge >= 0.3 is 5.97 Å². The van der Waals surface area contributed by atoms with Crippen LogP contribution in [0.25, 0.3) is 0 Å². The van der Waals surface area contributed by atoms with Gasteiger partial charge in [0.15, 0.2) is 12.4 Å². The molecule has 8 unspecified atom stereocenters. The van der Waals surface area contributed by atoms with E-state index in [2.05, 4.69) is 92.9 Å². The second-order valence-corrected chi connectivity index (χ2v) is 22.8. The molecule has 1 rings (SSSR count). The third-order valence-electron chi connectivity index (χ3n) is 15.3. The van der Waals surface area contributed by atoms with Gasteiger partial charge < -0.3 is 45.1 Å². The maximum atomic E-state index is 13.5. The molecule has 11 nitrogen and oxygen atoms in total. The van der Waals surface area contributed by atoms with Crippen LogP contribution in [0.1, 0.15) is 284 Å². The smallest absolute Gasteiger partial charge is 0.306 e. The molecule has 1 heterocycles. The molecule has 1 amide bonds. The van der Waals surface area contributed by atoms with Crippen LogP contribution in [0.5, 0.6) is 0 Å². The van der Waals surface area contributed by atoms with Crippen molar-refractivity contribution in [1.82, 2.24) is 5.32 Å². The minimum absolute atomic E-state index is 0.0455. The molecule has 0 saturated carbocycles. The fourth-order valence-electron chi connectivity index (χ4n) is 9.97. The molecule has 0 aromatic rings. The zero-order valence-corrected chi connectivity index (χ0v) is 51.9. The number of esters is 1. The Morgan fingerprint density at radius 3 is 1.30 bits per heavy atom. The summed E-state index contributed by atoms with van der Waals surface area (Å²) in [5, 5.41) is 57.0. The van der Waals surface area contributed by atoms with Crippen LogP contribution in [0.3, 0.4) is 0 Å².